The lowest BCUT2D eigenvalue weighted by molar-refractivity contribution is -0.116. The van der Waals surface area contributed by atoms with Gasteiger partial charge < -0.3 is 15.0 Å². The number of rotatable bonds is 8. The Kier molecular flexibility index (Phi) is 7.35. The van der Waals surface area contributed by atoms with Gasteiger partial charge in [-0.25, -0.2) is 8.42 Å². The second kappa shape index (κ2) is 10.2. The van der Waals surface area contributed by atoms with Gasteiger partial charge in [-0.1, -0.05) is 12.1 Å². The first-order valence-electron chi connectivity index (χ1n) is 11.6. The number of sulfonamides is 1. The number of benzene rings is 2. The van der Waals surface area contributed by atoms with Gasteiger partial charge in [-0.15, -0.1) is 0 Å². The quantitative estimate of drug-likeness (QED) is 0.578. The van der Waals surface area contributed by atoms with Crippen molar-refractivity contribution in [2.45, 2.75) is 37.0 Å². The molecule has 1 N–H and O–H groups in total. The maximum Gasteiger partial charge on any atom is 0.243 e. The summed E-state index contributed by atoms with van der Waals surface area (Å²) in [5.41, 5.74) is 3.42. The van der Waals surface area contributed by atoms with Crippen LogP contribution in [0.5, 0.6) is 5.75 Å². The zero-order valence-electron chi connectivity index (χ0n) is 19.7. The Morgan fingerprint density at radius 2 is 1.71 bits per heavy atom. The number of likely N-dealkylation sites (N-methyl/N-ethyl adjacent to an activating group) is 1. The minimum absolute atomic E-state index is 0.00545. The van der Waals surface area contributed by atoms with E-state index in [1.54, 1.807) is 0 Å². The van der Waals surface area contributed by atoms with Crippen molar-refractivity contribution in [3.63, 3.8) is 0 Å². The third kappa shape index (κ3) is 5.32. The van der Waals surface area contributed by atoms with Crippen LogP contribution in [-0.4, -0.2) is 69.6 Å². The number of hydrogen-bond donors (Lipinski definition) is 1. The van der Waals surface area contributed by atoms with Gasteiger partial charge in [0.15, 0.2) is 5.78 Å². The molecule has 9 heteroatoms. The summed E-state index contributed by atoms with van der Waals surface area (Å²) in [7, 11) is -0.276. The van der Waals surface area contributed by atoms with Gasteiger partial charge in [0.25, 0.3) is 0 Å². The Morgan fingerprint density at radius 3 is 2.44 bits per heavy atom. The summed E-state index contributed by atoms with van der Waals surface area (Å²) in [6.07, 6.45) is 3.23. The van der Waals surface area contributed by atoms with Crippen LogP contribution in [-0.2, 0) is 27.7 Å². The van der Waals surface area contributed by atoms with Crippen LogP contribution in [0, 0.1) is 0 Å². The Hall–Kier alpha value is -2.75. The third-order valence-corrected chi connectivity index (χ3v) is 8.44. The number of fused-ring (bicyclic) bond motifs is 1. The molecule has 0 bridgehead atoms. The topological polar surface area (TPSA) is 96.0 Å². The molecule has 1 amide bonds. The Labute approximate surface area is 200 Å². The number of piperazine rings is 1. The van der Waals surface area contributed by atoms with E-state index in [0.717, 1.165) is 19.3 Å². The van der Waals surface area contributed by atoms with Crippen molar-refractivity contribution >= 4 is 27.4 Å². The van der Waals surface area contributed by atoms with Crippen LogP contribution < -0.4 is 10.1 Å². The molecule has 0 atom stereocenters. The van der Waals surface area contributed by atoms with Crippen molar-refractivity contribution in [2.75, 3.05) is 45.7 Å². The van der Waals surface area contributed by atoms with Gasteiger partial charge in [0.2, 0.25) is 15.9 Å². The average Bonchev–Trinajstić information content (AvgIpc) is 3.31. The van der Waals surface area contributed by atoms with E-state index in [4.69, 9.17) is 4.74 Å². The number of hydrogen-bond acceptors (Lipinski definition) is 6. The number of ether oxygens (including phenoxy) is 1. The molecular formula is C25H31N3O5S. The molecular weight excluding hydrogens is 454 g/mol. The molecule has 1 aliphatic carbocycles. The van der Waals surface area contributed by atoms with E-state index in [9.17, 15) is 18.0 Å². The molecule has 0 aromatic heterocycles. The molecule has 182 valence electrons. The van der Waals surface area contributed by atoms with Crippen LogP contribution in [0.4, 0.5) is 5.69 Å². The highest BCUT2D eigenvalue weighted by Crippen LogP contribution is 2.30. The predicted molar refractivity (Wildman–Crippen MR) is 130 cm³/mol. The minimum atomic E-state index is -3.69. The van der Waals surface area contributed by atoms with E-state index >= 15 is 0 Å². The highest BCUT2D eigenvalue weighted by Gasteiger charge is 2.28. The monoisotopic (exact) mass is 485 g/mol. The fourth-order valence-corrected chi connectivity index (χ4v) is 5.90. The number of carbonyl (C=O) groups excluding carboxylic acids is 2. The molecule has 4 rings (SSSR count). The van der Waals surface area contributed by atoms with Gasteiger partial charge in [0.1, 0.15) is 5.75 Å². The maximum absolute atomic E-state index is 13.1. The summed E-state index contributed by atoms with van der Waals surface area (Å²) < 4.78 is 33.0. The largest absolute Gasteiger partial charge is 0.495 e. The molecule has 0 radical (unpaired) electrons. The molecule has 2 aliphatic rings. The number of methoxy groups -OCH3 is 1. The standard InChI is InChI=1S/C25H31N3O5S/c1-27-12-14-28(15-13-27)34(31,32)21-8-10-24(33-2)22(17-21)26-25(30)11-9-23(29)20-7-6-18-4-3-5-19(18)16-20/h6-8,10,16-17H,3-5,9,11-15H2,1-2H3,(H,26,30). The first kappa shape index (κ1) is 24.4. The van der Waals surface area contributed by atoms with Crippen LogP contribution in [0.1, 0.15) is 40.7 Å². The van der Waals surface area contributed by atoms with Crippen LogP contribution in [0.15, 0.2) is 41.3 Å². The molecule has 2 aromatic carbocycles. The van der Waals surface area contributed by atoms with E-state index in [0.29, 0.717) is 37.5 Å². The summed E-state index contributed by atoms with van der Waals surface area (Å²) in [5.74, 6) is -0.0965. The van der Waals surface area contributed by atoms with Crippen molar-refractivity contribution in [2.24, 2.45) is 0 Å². The van der Waals surface area contributed by atoms with E-state index < -0.39 is 10.0 Å². The molecule has 34 heavy (non-hydrogen) atoms. The molecule has 1 fully saturated rings. The molecule has 1 heterocycles. The predicted octanol–water partition coefficient (Wildman–Crippen LogP) is 2.72. The van der Waals surface area contributed by atoms with Crippen molar-refractivity contribution in [1.29, 1.82) is 0 Å². The molecule has 0 spiro atoms. The van der Waals surface area contributed by atoms with Crippen LogP contribution in [0.25, 0.3) is 0 Å². The zero-order chi connectivity index (χ0) is 24.3. The first-order valence-corrected chi connectivity index (χ1v) is 13.0. The van der Waals surface area contributed by atoms with Crippen LogP contribution in [0.3, 0.4) is 0 Å². The lowest BCUT2D eigenvalue weighted by Gasteiger charge is -2.31. The summed E-state index contributed by atoms with van der Waals surface area (Å²) >= 11 is 0. The lowest BCUT2D eigenvalue weighted by atomic mass is 10.0. The zero-order valence-corrected chi connectivity index (χ0v) is 20.5. The number of ketones is 1. The normalized spacial score (nSPS) is 16.8. The highest BCUT2D eigenvalue weighted by molar-refractivity contribution is 7.89. The smallest absolute Gasteiger partial charge is 0.243 e. The Balaban J connectivity index is 1.42. The van der Waals surface area contributed by atoms with Gasteiger partial charge in [-0.2, -0.15) is 4.31 Å². The van der Waals surface area contributed by atoms with E-state index in [2.05, 4.69) is 10.2 Å². The number of carbonyl (C=O) groups is 2. The molecule has 2 aromatic rings. The summed E-state index contributed by atoms with van der Waals surface area (Å²) in [4.78, 5) is 27.4. The second-order valence-electron chi connectivity index (χ2n) is 8.88. The average molecular weight is 486 g/mol. The molecule has 0 unspecified atom stereocenters. The number of nitrogens with zero attached hydrogens (tertiary/aromatic N) is 2. The first-order chi connectivity index (χ1) is 16.3. The Bertz CT molecular complexity index is 1190. The van der Waals surface area contributed by atoms with Gasteiger partial charge in [0.05, 0.1) is 17.7 Å². The number of nitrogens with one attached hydrogen (secondary N) is 1. The summed E-state index contributed by atoms with van der Waals surface area (Å²) in [6, 6.07) is 10.2. The van der Waals surface area contributed by atoms with Crippen molar-refractivity contribution in [1.82, 2.24) is 9.21 Å². The summed E-state index contributed by atoms with van der Waals surface area (Å²) in [5, 5.41) is 2.73. The highest BCUT2D eigenvalue weighted by atomic mass is 32.2. The number of Topliss-reactive ketones (excluding diaryl/α,β-unsaturated/α-hetero) is 1. The maximum atomic E-state index is 13.1. The number of anilines is 1. The fourth-order valence-electron chi connectivity index (χ4n) is 4.45. The lowest BCUT2D eigenvalue weighted by Crippen LogP contribution is -2.47. The molecule has 8 nitrogen and oxygen atoms in total. The van der Waals surface area contributed by atoms with E-state index in [1.165, 1.54) is 40.7 Å². The Morgan fingerprint density at radius 1 is 0.971 bits per heavy atom. The number of amides is 1. The van der Waals surface area contributed by atoms with Gasteiger partial charge in [0, 0.05) is 44.6 Å². The molecule has 1 aliphatic heterocycles. The summed E-state index contributed by atoms with van der Waals surface area (Å²) in [6.45, 7) is 2.16. The second-order valence-corrected chi connectivity index (χ2v) is 10.8. The number of aryl methyl sites for hydroxylation is 2. The van der Waals surface area contributed by atoms with Crippen molar-refractivity contribution < 1.29 is 22.7 Å². The van der Waals surface area contributed by atoms with E-state index in [1.807, 2.05) is 25.2 Å². The SMILES string of the molecule is COc1ccc(S(=O)(=O)N2CCN(C)CC2)cc1NC(=O)CCC(=O)c1ccc2c(c1)CCC2. The van der Waals surface area contributed by atoms with Crippen molar-refractivity contribution in [3.05, 3.63) is 53.1 Å². The van der Waals surface area contributed by atoms with Gasteiger partial charge in [-0.3, -0.25) is 9.59 Å². The minimum Gasteiger partial charge on any atom is -0.495 e. The van der Waals surface area contributed by atoms with Crippen LogP contribution in [0.2, 0.25) is 0 Å². The van der Waals surface area contributed by atoms with Crippen molar-refractivity contribution in [3.8, 4) is 5.75 Å². The van der Waals surface area contributed by atoms with Gasteiger partial charge >= 0.3 is 0 Å². The van der Waals surface area contributed by atoms with E-state index in [-0.39, 0.29) is 35.1 Å². The molecule has 1 saturated heterocycles. The molecule has 0 saturated carbocycles. The van der Waals surface area contributed by atoms with Gasteiger partial charge in [-0.05, 0) is 61.7 Å². The fraction of sp³-hybridized carbons (Fsp3) is 0.440. The van der Waals surface area contributed by atoms with Crippen LogP contribution >= 0.6 is 0 Å². The third-order valence-electron chi connectivity index (χ3n) is 6.54.